The molecule has 0 bridgehead atoms. The fourth-order valence-electron chi connectivity index (χ4n) is 3.06. The van der Waals surface area contributed by atoms with Gasteiger partial charge in [-0.1, -0.05) is 39.8 Å². The Kier molecular flexibility index (Phi) is 12.1. The van der Waals surface area contributed by atoms with Gasteiger partial charge >= 0.3 is 17.1 Å². The van der Waals surface area contributed by atoms with Gasteiger partial charge in [0, 0.05) is 26.4 Å². The van der Waals surface area contributed by atoms with E-state index in [9.17, 15) is 0 Å². The van der Waals surface area contributed by atoms with Crippen LogP contribution in [-0.2, 0) is 17.7 Å². The average molecular weight is 389 g/mol. The highest BCUT2D eigenvalue weighted by Gasteiger charge is 2.65. The maximum absolute atomic E-state index is 6.39. The Morgan fingerprint density at radius 3 is 1.08 bits per heavy atom. The van der Waals surface area contributed by atoms with Crippen molar-refractivity contribution >= 4 is 17.1 Å². The molecule has 0 atom stereocenters. The van der Waals surface area contributed by atoms with Gasteiger partial charge in [-0.25, -0.2) is 0 Å². The van der Waals surface area contributed by atoms with Crippen molar-refractivity contribution in [2.45, 2.75) is 72.9 Å². The van der Waals surface area contributed by atoms with Crippen LogP contribution in [0.4, 0.5) is 0 Å². The van der Waals surface area contributed by atoms with Gasteiger partial charge in [-0.2, -0.15) is 0 Å². The van der Waals surface area contributed by atoms with Crippen LogP contribution in [0.15, 0.2) is 23.6 Å². The summed E-state index contributed by atoms with van der Waals surface area (Å²) < 4.78 is 25.2. The summed E-state index contributed by atoms with van der Waals surface area (Å²) >= 11 is 0. The zero-order chi connectivity index (χ0) is 19.4. The lowest BCUT2D eigenvalue weighted by Gasteiger charge is -2.48. The summed E-state index contributed by atoms with van der Waals surface area (Å²) in [6.45, 7) is 19.3. The van der Waals surface area contributed by atoms with E-state index >= 15 is 0 Å². The van der Waals surface area contributed by atoms with Gasteiger partial charge < -0.3 is 17.7 Å². The largest absolute Gasteiger partial charge is 0.391 e. The van der Waals surface area contributed by atoms with Crippen molar-refractivity contribution in [2.24, 2.45) is 0 Å². The van der Waals surface area contributed by atoms with E-state index in [2.05, 4.69) is 51.2 Å². The zero-order valence-electron chi connectivity index (χ0n) is 17.7. The first-order chi connectivity index (χ1) is 11.9. The third-order valence-corrected chi connectivity index (χ3v) is 14.1. The van der Waals surface area contributed by atoms with Gasteiger partial charge in [0.2, 0.25) is 0 Å². The minimum atomic E-state index is -2.72. The maximum atomic E-state index is 6.39. The lowest BCUT2D eigenvalue weighted by Crippen LogP contribution is -2.65. The molecule has 0 aromatic rings. The second-order valence-corrected chi connectivity index (χ2v) is 13.8. The Labute approximate surface area is 158 Å². The first kappa shape index (κ1) is 24.8. The Morgan fingerprint density at radius 2 is 0.880 bits per heavy atom. The Morgan fingerprint density at radius 1 is 0.600 bits per heavy atom. The van der Waals surface area contributed by atoms with Crippen LogP contribution in [0.5, 0.6) is 0 Å². The molecule has 25 heavy (non-hydrogen) atoms. The third kappa shape index (κ3) is 5.87. The predicted molar refractivity (Wildman–Crippen MR) is 111 cm³/mol. The van der Waals surface area contributed by atoms with Crippen LogP contribution in [0.3, 0.4) is 0 Å². The minimum Gasteiger partial charge on any atom is -0.391 e. The molecule has 0 spiro atoms. The molecule has 6 heteroatoms. The van der Waals surface area contributed by atoms with Crippen LogP contribution in [0.2, 0.25) is 4.66 Å². The number of hydrogen-bond acceptors (Lipinski definition) is 4. The first-order valence-electron chi connectivity index (χ1n) is 9.77. The number of rotatable bonds is 14. The summed E-state index contributed by atoms with van der Waals surface area (Å²) in [6.07, 6.45) is 6.24. The van der Waals surface area contributed by atoms with Crippen LogP contribution in [-0.4, -0.2) is 43.5 Å². The molecule has 0 aromatic heterocycles. The second kappa shape index (κ2) is 12.2. The maximum Gasteiger partial charge on any atom is 0.372 e. The topological polar surface area (TPSA) is 36.9 Å². The third-order valence-electron chi connectivity index (χ3n) is 4.32. The molecule has 0 unspecified atom stereocenters. The van der Waals surface area contributed by atoms with E-state index < -0.39 is 17.1 Å². The summed E-state index contributed by atoms with van der Waals surface area (Å²) in [5.41, 5.74) is 4.39. The lowest BCUT2D eigenvalue weighted by atomic mass is 10.5. The Balaban J connectivity index is 6.41. The van der Waals surface area contributed by atoms with E-state index in [1.807, 2.05) is 27.7 Å². The molecule has 0 fully saturated rings. The molecule has 0 radical (unpaired) electrons. The summed E-state index contributed by atoms with van der Waals surface area (Å²) in [6, 6.07) is 0. The summed E-state index contributed by atoms with van der Waals surface area (Å²) in [5.74, 6) is 0. The van der Waals surface area contributed by atoms with Crippen molar-refractivity contribution in [3.8, 4) is 0 Å². The molecule has 0 aliphatic carbocycles. The molecule has 0 amide bonds. The molecule has 4 nitrogen and oxygen atoms in total. The van der Waals surface area contributed by atoms with Crippen molar-refractivity contribution in [1.29, 1.82) is 0 Å². The average Bonchev–Trinajstić information content (AvgIpc) is 2.58. The molecule has 0 N–H and O–H groups in total. The van der Waals surface area contributed by atoms with E-state index in [0.29, 0.717) is 26.4 Å². The molecule has 0 aliphatic heterocycles. The fourth-order valence-corrected chi connectivity index (χ4v) is 12.0. The normalized spacial score (nSPS) is 14.1. The fraction of sp³-hybridized carbons (Fsp3) is 0.789. The van der Waals surface area contributed by atoms with Crippen molar-refractivity contribution in [3.05, 3.63) is 23.6 Å². The van der Waals surface area contributed by atoms with Crippen LogP contribution >= 0.6 is 0 Å². The Bertz CT molecular complexity index is 360. The van der Waals surface area contributed by atoms with E-state index in [1.165, 1.54) is 0 Å². The highest BCUT2D eigenvalue weighted by atomic mass is 28.4. The van der Waals surface area contributed by atoms with Gasteiger partial charge in [0.05, 0.1) is 4.66 Å². The van der Waals surface area contributed by atoms with Crippen molar-refractivity contribution in [2.75, 3.05) is 26.4 Å². The van der Waals surface area contributed by atoms with Crippen molar-refractivity contribution < 1.29 is 17.7 Å². The van der Waals surface area contributed by atoms with Gasteiger partial charge in [0.1, 0.15) is 0 Å². The van der Waals surface area contributed by atoms with E-state index in [1.54, 1.807) is 0 Å². The Hall–Kier alpha value is -0.246. The predicted octanol–water partition coefficient (Wildman–Crippen LogP) is 5.35. The van der Waals surface area contributed by atoms with Crippen molar-refractivity contribution in [3.63, 3.8) is 0 Å². The highest BCUT2D eigenvalue weighted by Crippen LogP contribution is 2.49. The molecule has 0 aliphatic rings. The van der Waals surface area contributed by atoms with Crippen molar-refractivity contribution in [1.82, 2.24) is 0 Å². The zero-order valence-corrected chi connectivity index (χ0v) is 19.7. The number of allylic oxidation sites excluding steroid dienone is 2. The molecule has 0 rings (SSSR count). The van der Waals surface area contributed by atoms with Crippen LogP contribution in [0.25, 0.3) is 0 Å². The van der Waals surface area contributed by atoms with Gasteiger partial charge in [-0.05, 0) is 51.9 Å². The first-order valence-corrected chi connectivity index (χ1v) is 13.6. The van der Waals surface area contributed by atoms with Gasteiger partial charge in [-0.15, -0.1) is 0 Å². The summed E-state index contributed by atoms with van der Waals surface area (Å²) in [7, 11) is -5.45. The molecular weight excluding hydrogens is 348 g/mol. The van der Waals surface area contributed by atoms with E-state index in [4.69, 9.17) is 17.7 Å². The summed E-state index contributed by atoms with van der Waals surface area (Å²) in [5, 5.41) is 0. The van der Waals surface area contributed by atoms with Gasteiger partial charge in [-0.3, -0.25) is 0 Å². The van der Waals surface area contributed by atoms with Crippen LogP contribution in [0, 0.1) is 0 Å². The highest BCUT2D eigenvalue weighted by molar-refractivity contribution is 6.95. The van der Waals surface area contributed by atoms with Crippen LogP contribution in [0.1, 0.15) is 68.2 Å². The van der Waals surface area contributed by atoms with Gasteiger partial charge in [0.25, 0.3) is 0 Å². The quantitative estimate of drug-likeness (QED) is 0.376. The molecule has 148 valence electrons. The van der Waals surface area contributed by atoms with Gasteiger partial charge in [0.15, 0.2) is 0 Å². The van der Waals surface area contributed by atoms with E-state index in [0.717, 1.165) is 12.8 Å². The minimum absolute atomic E-state index is 0.352. The van der Waals surface area contributed by atoms with E-state index in [-0.39, 0.29) is 4.66 Å². The number of hydrogen-bond donors (Lipinski definition) is 0. The molecule has 0 saturated carbocycles. The van der Waals surface area contributed by atoms with Crippen LogP contribution < -0.4 is 0 Å². The molecule has 0 saturated heterocycles. The molecule has 0 aromatic carbocycles. The monoisotopic (exact) mass is 388 g/mol. The standard InChI is InChI=1S/C19H40O4Si2/c1-9-15-17-24(20-11-3,21-12-4)19(7,8)25(22-13-5,23-14-6)18-16-10-2/h15-18H,9-14H2,1-8H3. The summed E-state index contributed by atoms with van der Waals surface area (Å²) in [4.78, 5) is 0. The SMILES string of the molecule is CCC=C[Si](OCC)(OCC)C(C)(C)[Si](C=CCC)(OCC)OCC. The molecule has 0 heterocycles. The second-order valence-electron chi connectivity index (χ2n) is 6.31. The lowest BCUT2D eigenvalue weighted by molar-refractivity contribution is 0.144. The molecular formula is C19H40O4Si2. The smallest absolute Gasteiger partial charge is 0.372 e.